The Morgan fingerprint density at radius 3 is 2.45 bits per heavy atom. The minimum atomic E-state index is -3.85. The molecule has 8 nitrogen and oxygen atoms in total. The zero-order chi connectivity index (χ0) is 20.9. The summed E-state index contributed by atoms with van der Waals surface area (Å²) in [6.07, 6.45) is 1.66. The highest BCUT2D eigenvalue weighted by Gasteiger charge is 2.17. The van der Waals surface area contributed by atoms with Gasteiger partial charge in [-0.25, -0.2) is 13.4 Å². The molecule has 1 atom stereocenters. The third-order valence-corrected chi connectivity index (χ3v) is 6.23. The van der Waals surface area contributed by atoms with E-state index in [1.54, 1.807) is 19.2 Å². The smallest absolute Gasteiger partial charge is 0.263 e. The first-order valence-corrected chi connectivity index (χ1v) is 11.1. The molecule has 0 aliphatic carbocycles. The summed E-state index contributed by atoms with van der Waals surface area (Å²) in [5, 5.41) is 10.5. The number of amides is 1. The van der Waals surface area contributed by atoms with Crippen molar-refractivity contribution in [1.29, 1.82) is 0 Å². The highest BCUT2D eigenvalue weighted by Crippen LogP contribution is 2.22. The number of rotatable bonds is 7. The lowest BCUT2D eigenvalue weighted by Crippen LogP contribution is -2.22. The summed E-state index contributed by atoms with van der Waals surface area (Å²) in [5.41, 5.74) is 0.480. The molecule has 0 saturated heterocycles. The van der Waals surface area contributed by atoms with Gasteiger partial charge in [0.1, 0.15) is 0 Å². The molecule has 0 aliphatic rings. The number of nitrogens with one attached hydrogen (secondary N) is 2. The summed E-state index contributed by atoms with van der Waals surface area (Å²) < 4.78 is 27.2. The molecule has 2 aromatic heterocycles. The third-order valence-electron chi connectivity index (χ3n) is 3.61. The van der Waals surface area contributed by atoms with Gasteiger partial charge in [0, 0.05) is 11.9 Å². The lowest BCUT2D eigenvalue weighted by atomic mass is 10.3. The van der Waals surface area contributed by atoms with Crippen LogP contribution in [-0.2, 0) is 14.8 Å². The summed E-state index contributed by atoms with van der Waals surface area (Å²) in [5.74, 6) is -0.169. The number of hydrogen-bond donors (Lipinski definition) is 2. The predicted molar refractivity (Wildman–Crippen MR) is 112 cm³/mol. The average Bonchev–Trinajstić information content (AvgIpc) is 2.71. The van der Waals surface area contributed by atoms with E-state index in [0.717, 1.165) is 5.03 Å². The van der Waals surface area contributed by atoms with E-state index < -0.39 is 10.0 Å². The molecule has 11 heteroatoms. The Morgan fingerprint density at radius 2 is 1.83 bits per heavy atom. The van der Waals surface area contributed by atoms with Crippen LogP contribution in [0.1, 0.15) is 6.92 Å². The summed E-state index contributed by atoms with van der Waals surface area (Å²) >= 11 is 6.97. The van der Waals surface area contributed by atoms with Crippen LogP contribution in [0.15, 0.2) is 70.7 Å². The minimum absolute atomic E-state index is 0.0168. The van der Waals surface area contributed by atoms with Gasteiger partial charge in [-0.05, 0) is 55.5 Å². The first-order chi connectivity index (χ1) is 13.8. The van der Waals surface area contributed by atoms with Crippen LogP contribution in [0.25, 0.3) is 0 Å². The molecule has 29 heavy (non-hydrogen) atoms. The normalized spacial score (nSPS) is 12.2. The SMILES string of the molecule is CC(Sc1ccccn1)C(=O)Nc1ccc(S(=O)(=O)Nc2ccc(Cl)nn2)cc1. The van der Waals surface area contributed by atoms with Gasteiger partial charge in [0.05, 0.1) is 15.2 Å². The van der Waals surface area contributed by atoms with E-state index in [1.165, 1.54) is 48.2 Å². The number of carbonyl (C=O) groups is 1. The number of sulfonamides is 1. The Balaban J connectivity index is 1.63. The maximum absolute atomic E-state index is 12.4. The number of aromatic nitrogens is 3. The Morgan fingerprint density at radius 1 is 1.07 bits per heavy atom. The molecule has 2 heterocycles. The maximum Gasteiger partial charge on any atom is 0.263 e. The van der Waals surface area contributed by atoms with Crippen LogP contribution in [0.5, 0.6) is 0 Å². The average molecular weight is 450 g/mol. The Hall–Kier alpha value is -2.69. The molecule has 150 valence electrons. The van der Waals surface area contributed by atoms with Gasteiger partial charge >= 0.3 is 0 Å². The fourth-order valence-electron chi connectivity index (χ4n) is 2.18. The van der Waals surface area contributed by atoms with E-state index in [4.69, 9.17) is 11.6 Å². The maximum atomic E-state index is 12.4. The van der Waals surface area contributed by atoms with Crippen molar-refractivity contribution in [2.45, 2.75) is 22.1 Å². The number of thioether (sulfide) groups is 1. The van der Waals surface area contributed by atoms with Gasteiger partial charge in [-0.1, -0.05) is 29.4 Å². The van der Waals surface area contributed by atoms with E-state index in [9.17, 15) is 13.2 Å². The largest absolute Gasteiger partial charge is 0.325 e. The van der Waals surface area contributed by atoms with Crippen LogP contribution < -0.4 is 10.0 Å². The van der Waals surface area contributed by atoms with E-state index in [2.05, 4.69) is 25.2 Å². The number of benzene rings is 1. The number of carbonyl (C=O) groups excluding carboxylic acids is 1. The van der Waals surface area contributed by atoms with Crippen LogP contribution in [0.2, 0.25) is 5.15 Å². The first kappa shape index (κ1) is 21.0. The molecule has 0 saturated carbocycles. The predicted octanol–water partition coefficient (Wildman–Crippen LogP) is 3.45. The van der Waals surface area contributed by atoms with Crippen LogP contribution >= 0.6 is 23.4 Å². The number of halogens is 1. The van der Waals surface area contributed by atoms with E-state index in [1.807, 2.05) is 12.1 Å². The minimum Gasteiger partial charge on any atom is -0.325 e. The van der Waals surface area contributed by atoms with Crippen molar-refractivity contribution in [2.75, 3.05) is 10.0 Å². The highest BCUT2D eigenvalue weighted by atomic mass is 35.5. The van der Waals surface area contributed by atoms with Gasteiger partial charge in [-0.2, -0.15) is 0 Å². The topological polar surface area (TPSA) is 114 Å². The van der Waals surface area contributed by atoms with Crippen molar-refractivity contribution in [3.63, 3.8) is 0 Å². The number of nitrogens with zero attached hydrogens (tertiary/aromatic N) is 3. The molecule has 3 aromatic rings. The van der Waals surface area contributed by atoms with Crippen molar-refractivity contribution in [1.82, 2.24) is 15.2 Å². The van der Waals surface area contributed by atoms with Gasteiger partial charge in [-0.15, -0.1) is 10.2 Å². The molecule has 0 fully saturated rings. The van der Waals surface area contributed by atoms with Crippen molar-refractivity contribution < 1.29 is 13.2 Å². The van der Waals surface area contributed by atoms with Gasteiger partial charge < -0.3 is 5.32 Å². The molecule has 0 radical (unpaired) electrons. The lowest BCUT2D eigenvalue weighted by Gasteiger charge is -2.12. The summed E-state index contributed by atoms with van der Waals surface area (Å²) in [4.78, 5) is 16.5. The number of pyridine rings is 1. The monoisotopic (exact) mass is 449 g/mol. The Kier molecular flexibility index (Phi) is 6.68. The molecular formula is C18H16ClN5O3S2. The zero-order valence-corrected chi connectivity index (χ0v) is 17.5. The number of anilines is 2. The highest BCUT2D eigenvalue weighted by molar-refractivity contribution is 8.00. The van der Waals surface area contributed by atoms with Gasteiger partial charge in [0.25, 0.3) is 10.0 Å². The molecule has 1 aromatic carbocycles. The molecule has 3 rings (SSSR count). The van der Waals surface area contributed by atoms with Crippen molar-refractivity contribution >= 4 is 50.8 Å². The number of hydrogen-bond acceptors (Lipinski definition) is 7. The summed E-state index contributed by atoms with van der Waals surface area (Å²) in [6, 6.07) is 14.1. The van der Waals surface area contributed by atoms with Crippen molar-refractivity contribution in [3.8, 4) is 0 Å². The fraction of sp³-hybridized carbons (Fsp3) is 0.111. The molecule has 0 aliphatic heterocycles. The molecule has 2 N–H and O–H groups in total. The second-order valence-corrected chi connectivity index (χ2v) is 9.22. The van der Waals surface area contributed by atoms with Crippen LogP contribution in [0.3, 0.4) is 0 Å². The Labute approximate surface area is 177 Å². The van der Waals surface area contributed by atoms with Crippen LogP contribution in [0.4, 0.5) is 11.5 Å². The van der Waals surface area contributed by atoms with E-state index in [-0.39, 0.29) is 27.0 Å². The second kappa shape index (κ2) is 9.21. The van der Waals surface area contributed by atoms with Crippen molar-refractivity contribution in [2.24, 2.45) is 0 Å². The van der Waals surface area contributed by atoms with Gasteiger partial charge in [0.2, 0.25) is 5.91 Å². The van der Waals surface area contributed by atoms with Gasteiger partial charge in [0.15, 0.2) is 11.0 Å². The summed E-state index contributed by atoms with van der Waals surface area (Å²) in [6.45, 7) is 1.77. The Bertz CT molecular complexity index is 1080. The fourth-order valence-corrected chi connectivity index (χ4v) is 4.08. The lowest BCUT2D eigenvalue weighted by molar-refractivity contribution is -0.115. The molecular weight excluding hydrogens is 434 g/mol. The summed E-state index contributed by atoms with van der Waals surface area (Å²) in [7, 11) is -3.85. The van der Waals surface area contributed by atoms with Crippen LogP contribution in [-0.4, -0.2) is 34.8 Å². The quantitative estimate of drug-likeness (QED) is 0.531. The van der Waals surface area contributed by atoms with Crippen LogP contribution in [0, 0.1) is 0 Å². The van der Waals surface area contributed by atoms with Gasteiger partial charge in [-0.3, -0.25) is 9.52 Å². The molecule has 1 amide bonds. The zero-order valence-electron chi connectivity index (χ0n) is 15.1. The third kappa shape index (κ3) is 5.89. The van der Waals surface area contributed by atoms with E-state index >= 15 is 0 Å². The van der Waals surface area contributed by atoms with E-state index in [0.29, 0.717) is 5.69 Å². The molecule has 0 bridgehead atoms. The molecule has 1 unspecified atom stereocenters. The second-order valence-electron chi connectivity index (χ2n) is 5.79. The van der Waals surface area contributed by atoms with Crippen molar-refractivity contribution in [3.05, 3.63) is 65.9 Å². The first-order valence-electron chi connectivity index (χ1n) is 8.34. The molecule has 0 spiro atoms. The standard InChI is InChI=1S/C18H16ClN5O3S2/c1-12(28-17-4-2-3-11-20-17)18(25)21-13-5-7-14(8-6-13)29(26,27)24-16-10-9-15(19)22-23-16/h2-12H,1H3,(H,21,25)(H,23,24).